The number of likely N-dealkylation sites (N-methyl/N-ethyl adjacent to an activating group) is 1. The van der Waals surface area contributed by atoms with Gasteiger partial charge in [0.2, 0.25) is 5.52 Å². The van der Waals surface area contributed by atoms with Gasteiger partial charge in [-0.2, -0.15) is 0 Å². The zero-order valence-corrected chi connectivity index (χ0v) is 16.8. The van der Waals surface area contributed by atoms with Crippen LogP contribution in [0.25, 0.3) is 11.0 Å². The number of aliphatic hydroxyl groups is 1. The molecule has 1 aromatic carbocycles. The quantitative estimate of drug-likeness (QED) is 0.614. The van der Waals surface area contributed by atoms with E-state index in [0.29, 0.717) is 17.2 Å². The van der Waals surface area contributed by atoms with Crippen molar-refractivity contribution < 1.29 is 14.7 Å². The Bertz CT molecular complexity index is 926. The smallest absolute Gasteiger partial charge is 0.323 e. The molecular formula is C19H27N5O4. The van der Waals surface area contributed by atoms with Gasteiger partial charge in [-0.15, -0.1) is 0 Å². The molecule has 0 radical (unpaired) electrons. The summed E-state index contributed by atoms with van der Waals surface area (Å²) >= 11 is 0. The maximum absolute atomic E-state index is 11.8. The predicted molar refractivity (Wildman–Crippen MR) is 106 cm³/mol. The fraction of sp³-hybridized carbons (Fsp3) is 0.684. The summed E-state index contributed by atoms with van der Waals surface area (Å²) in [5, 5.41) is 29.0. The number of hydrogen-bond acceptors (Lipinski definition) is 8. The Labute approximate surface area is 163 Å². The molecule has 2 atom stereocenters. The Hall–Kier alpha value is -2.42. The average molecular weight is 389 g/mol. The molecule has 2 fully saturated rings. The molecule has 152 valence electrons. The Morgan fingerprint density at radius 3 is 2.75 bits per heavy atom. The molecular weight excluding hydrogens is 362 g/mol. The fourth-order valence-electron chi connectivity index (χ4n) is 5.60. The van der Waals surface area contributed by atoms with Crippen molar-refractivity contribution in [2.75, 3.05) is 36.5 Å². The molecule has 4 rings (SSSR count). The van der Waals surface area contributed by atoms with Crippen molar-refractivity contribution in [2.45, 2.75) is 46.1 Å². The Balaban J connectivity index is 1.88. The summed E-state index contributed by atoms with van der Waals surface area (Å²) in [5.41, 5.74) is 2.16. The van der Waals surface area contributed by atoms with Gasteiger partial charge in [0.1, 0.15) is 5.69 Å². The van der Waals surface area contributed by atoms with Gasteiger partial charge in [0, 0.05) is 26.2 Å². The lowest BCUT2D eigenvalue weighted by Crippen LogP contribution is -2.35. The van der Waals surface area contributed by atoms with E-state index in [1.165, 1.54) is 0 Å². The molecule has 2 heterocycles. The molecule has 0 amide bonds. The van der Waals surface area contributed by atoms with Gasteiger partial charge >= 0.3 is 5.69 Å². The van der Waals surface area contributed by atoms with Crippen molar-refractivity contribution in [2.24, 2.45) is 10.8 Å². The fourth-order valence-corrected chi connectivity index (χ4v) is 5.60. The third-order valence-electron chi connectivity index (χ3n) is 6.22. The minimum absolute atomic E-state index is 0.101. The highest BCUT2D eigenvalue weighted by Gasteiger charge is 2.50. The third kappa shape index (κ3) is 2.97. The van der Waals surface area contributed by atoms with Gasteiger partial charge in [-0.1, -0.05) is 20.8 Å². The molecule has 9 nitrogen and oxygen atoms in total. The lowest BCUT2D eigenvalue weighted by molar-refractivity contribution is -0.382. The summed E-state index contributed by atoms with van der Waals surface area (Å²) in [4.78, 5) is 15.4. The number of fused-ring (bicyclic) bond motifs is 3. The highest BCUT2D eigenvalue weighted by atomic mass is 16.6. The van der Waals surface area contributed by atoms with E-state index in [1.807, 2.05) is 6.07 Å². The molecule has 1 N–H and O–H groups in total. The molecule has 9 heteroatoms. The molecule has 1 aliphatic carbocycles. The Kier molecular flexibility index (Phi) is 4.26. The molecule has 1 saturated heterocycles. The highest BCUT2D eigenvalue weighted by Crippen LogP contribution is 2.54. The van der Waals surface area contributed by atoms with E-state index in [0.717, 1.165) is 31.5 Å². The number of anilines is 2. The topological polar surface area (TPSA) is 109 Å². The summed E-state index contributed by atoms with van der Waals surface area (Å²) in [7, 11) is 1.73. The first kappa shape index (κ1) is 18.9. The maximum Gasteiger partial charge on any atom is 0.323 e. The lowest BCUT2D eigenvalue weighted by Gasteiger charge is -2.39. The number of hydrogen-bond donors (Lipinski definition) is 1. The van der Waals surface area contributed by atoms with Crippen molar-refractivity contribution in [3.05, 3.63) is 16.2 Å². The van der Waals surface area contributed by atoms with Crippen LogP contribution in [0.2, 0.25) is 0 Å². The van der Waals surface area contributed by atoms with Gasteiger partial charge < -0.3 is 14.9 Å². The van der Waals surface area contributed by atoms with Crippen LogP contribution in [0.15, 0.2) is 10.7 Å². The van der Waals surface area contributed by atoms with Crippen LogP contribution in [-0.2, 0) is 0 Å². The van der Waals surface area contributed by atoms with E-state index >= 15 is 0 Å². The zero-order valence-electron chi connectivity index (χ0n) is 16.8. The summed E-state index contributed by atoms with van der Waals surface area (Å²) < 4.78 is 4.93. The first-order valence-corrected chi connectivity index (χ1v) is 9.66. The normalized spacial score (nSPS) is 26.0. The van der Waals surface area contributed by atoms with Gasteiger partial charge in [-0.25, -0.2) is 4.63 Å². The molecule has 2 bridgehead atoms. The van der Waals surface area contributed by atoms with E-state index < -0.39 is 4.92 Å². The molecule has 1 aromatic heterocycles. The summed E-state index contributed by atoms with van der Waals surface area (Å²) in [6.07, 6.45) is 3.31. The van der Waals surface area contributed by atoms with E-state index in [9.17, 15) is 15.2 Å². The first-order valence-electron chi connectivity index (χ1n) is 9.66. The summed E-state index contributed by atoms with van der Waals surface area (Å²) in [5.74, 6) is 0. The number of rotatable bonds is 5. The van der Waals surface area contributed by atoms with Crippen LogP contribution >= 0.6 is 0 Å². The van der Waals surface area contributed by atoms with Crippen molar-refractivity contribution in [3.8, 4) is 0 Å². The van der Waals surface area contributed by atoms with E-state index in [4.69, 9.17) is 4.63 Å². The van der Waals surface area contributed by atoms with Gasteiger partial charge in [-0.3, -0.25) is 10.1 Å². The Morgan fingerprint density at radius 1 is 1.36 bits per heavy atom. The van der Waals surface area contributed by atoms with E-state index in [1.54, 1.807) is 11.9 Å². The minimum atomic E-state index is -0.452. The number of aliphatic hydroxyl groups excluding tert-OH is 1. The van der Waals surface area contributed by atoms with E-state index in [-0.39, 0.29) is 35.2 Å². The maximum atomic E-state index is 11.8. The standard InChI is InChI=1S/C19H27N5O4/c1-18(2)8-12-9-19(3,10-18)11-23(12)13-7-14(22(4)5-6-25)17(24(26)27)16-15(13)20-28-21-16/h7,12,25H,5-6,8-11H2,1-4H3. The molecule has 2 unspecified atom stereocenters. The lowest BCUT2D eigenvalue weighted by atomic mass is 9.65. The van der Waals surface area contributed by atoms with Crippen LogP contribution in [0, 0.1) is 20.9 Å². The molecule has 1 saturated carbocycles. The number of aromatic nitrogens is 2. The minimum Gasteiger partial charge on any atom is -0.395 e. The number of nitrogens with zero attached hydrogens (tertiary/aromatic N) is 5. The van der Waals surface area contributed by atoms with Crippen molar-refractivity contribution in [1.29, 1.82) is 0 Å². The zero-order chi connectivity index (χ0) is 20.3. The number of nitro benzene ring substituents is 1. The first-order chi connectivity index (χ1) is 13.1. The highest BCUT2D eigenvalue weighted by molar-refractivity contribution is 6.00. The largest absolute Gasteiger partial charge is 0.395 e. The van der Waals surface area contributed by atoms with E-state index in [2.05, 4.69) is 36.0 Å². The van der Waals surface area contributed by atoms with Crippen LogP contribution in [0.1, 0.15) is 40.0 Å². The molecule has 2 aliphatic rings. The molecule has 2 aromatic rings. The molecule has 28 heavy (non-hydrogen) atoms. The second kappa shape index (κ2) is 6.30. The molecule has 0 spiro atoms. The number of nitro groups is 1. The van der Waals surface area contributed by atoms with Gasteiger partial charge in [0.25, 0.3) is 0 Å². The monoisotopic (exact) mass is 389 g/mol. The van der Waals surface area contributed by atoms with Crippen molar-refractivity contribution in [3.63, 3.8) is 0 Å². The Morgan fingerprint density at radius 2 is 2.07 bits per heavy atom. The van der Waals surface area contributed by atoms with Crippen LogP contribution in [-0.4, -0.2) is 53.1 Å². The van der Waals surface area contributed by atoms with Crippen molar-refractivity contribution >= 4 is 28.1 Å². The average Bonchev–Trinajstić information content (AvgIpc) is 3.14. The second-order valence-electron chi connectivity index (χ2n) is 9.47. The summed E-state index contributed by atoms with van der Waals surface area (Å²) in [6, 6.07) is 2.17. The van der Waals surface area contributed by atoms with Gasteiger partial charge in [0.05, 0.1) is 17.2 Å². The van der Waals surface area contributed by atoms with Crippen LogP contribution in [0.3, 0.4) is 0 Å². The van der Waals surface area contributed by atoms with Crippen LogP contribution in [0.5, 0.6) is 0 Å². The molecule has 1 aliphatic heterocycles. The SMILES string of the molecule is CN(CCO)c1cc(N2CC3(C)CC2CC(C)(C)C3)c2nonc2c1[N+](=O)[O-]. The number of benzene rings is 1. The second-order valence-corrected chi connectivity index (χ2v) is 9.47. The van der Waals surface area contributed by atoms with Crippen LogP contribution in [0.4, 0.5) is 17.1 Å². The van der Waals surface area contributed by atoms with Gasteiger partial charge in [0.15, 0.2) is 5.52 Å². The third-order valence-corrected chi connectivity index (χ3v) is 6.22. The van der Waals surface area contributed by atoms with Crippen LogP contribution < -0.4 is 9.80 Å². The van der Waals surface area contributed by atoms with Gasteiger partial charge in [-0.05, 0) is 46.5 Å². The van der Waals surface area contributed by atoms with Crippen molar-refractivity contribution in [1.82, 2.24) is 10.3 Å². The predicted octanol–water partition coefficient (Wildman–Crippen LogP) is 2.96. The summed E-state index contributed by atoms with van der Waals surface area (Å²) in [6.45, 7) is 8.00.